The van der Waals surface area contributed by atoms with Gasteiger partial charge in [-0.15, -0.1) is 6.58 Å². The highest BCUT2D eigenvalue weighted by Gasteiger charge is 2.67. The Morgan fingerprint density at radius 1 is 0.870 bits per heavy atom. The molecule has 17 atom stereocenters. The van der Waals surface area contributed by atoms with Gasteiger partial charge in [0.25, 0.3) is 0 Å². The Hall–Kier alpha value is -0.960. The van der Waals surface area contributed by atoms with Crippen LogP contribution in [0, 0.1) is 45.3 Å². The first-order valence-electron chi connectivity index (χ1n) is 20.9. The molecule has 0 aromatic carbocycles. The van der Waals surface area contributed by atoms with E-state index < -0.39 is 60.9 Å². The highest BCUT2D eigenvalue weighted by Crippen LogP contribution is 2.75. The van der Waals surface area contributed by atoms with Crippen LogP contribution in [0.4, 0.5) is 0 Å². The summed E-state index contributed by atoms with van der Waals surface area (Å²) in [5.41, 5.74) is 0.406. The van der Waals surface area contributed by atoms with E-state index in [1.165, 1.54) is 5.57 Å². The second-order valence-electron chi connectivity index (χ2n) is 19.9. The minimum atomic E-state index is -1.43. The first-order chi connectivity index (χ1) is 25.2. The summed E-state index contributed by atoms with van der Waals surface area (Å²) in [6.45, 7) is 19.0. The lowest BCUT2D eigenvalue weighted by atomic mass is 9.39. The molecule has 4 aliphatic carbocycles. The Morgan fingerprint density at radius 3 is 2.15 bits per heavy atom. The Morgan fingerprint density at radius 2 is 1.52 bits per heavy atom. The maximum absolute atomic E-state index is 11.5. The molecule has 6 aliphatic rings. The van der Waals surface area contributed by atoms with Crippen LogP contribution in [0.5, 0.6) is 0 Å². The average molecular weight is 765 g/mol. The van der Waals surface area contributed by atoms with Crippen LogP contribution in [0.1, 0.15) is 119 Å². The number of aliphatic hydroxyl groups excluding tert-OH is 6. The summed E-state index contributed by atoms with van der Waals surface area (Å²) in [5.74, 6) is 1.63. The zero-order chi connectivity index (χ0) is 39.6. The van der Waals surface area contributed by atoms with E-state index in [1.807, 2.05) is 0 Å². The Labute approximate surface area is 323 Å². The molecule has 11 nitrogen and oxygen atoms in total. The van der Waals surface area contributed by atoms with Gasteiger partial charge in [0.15, 0.2) is 12.6 Å². The minimum absolute atomic E-state index is 0.0278. The van der Waals surface area contributed by atoms with Crippen molar-refractivity contribution in [3.8, 4) is 0 Å². The predicted molar refractivity (Wildman–Crippen MR) is 203 cm³/mol. The molecule has 5 fully saturated rings. The molecule has 0 amide bonds. The fraction of sp³-hybridized carbons (Fsp3) is 0.907. The molecular weight excluding hydrogens is 692 g/mol. The third-order valence-electron chi connectivity index (χ3n) is 16.2. The molecule has 0 radical (unpaired) electrons. The van der Waals surface area contributed by atoms with Gasteiger partial charge in [0.05, 0.1) is 55.4 Å². The second-order valence-corrected chi connectivity index (χ2v) is 19.9. The van der Waals surface area contributed by atoms with Gasteiger partial charge in [0, 0.05) is 18.3 Å². The summed E-state index contributed by atoms with van der Waals surface area (Å²) in [4.78, 5) is 0. The summed E-state index contributed by atoms with van der Waals surface area (Å²) in [5, 5.41) is 74.4. The van der Waals surface area contributed by atoms with Crippen molar-refractivity contribution in [1.29, 1.82) is 0 Å². The molecule has 0 spiro atoms. The second kappa shape index (κ2) is 15.7. The van der Waals surface area contributed by atoms with E-state index in [1.54, 1.807) is 13.8 Å². The number of ether oxygens (including phenoxy) is 4. The van der Waals surface area contributed by atoms with Crippen molar-refractivity contribution in [2.24, 2.45) is 45.3 Å². The molecule has 0 bridgehead atoms. The van der Waals surface area contributed by atoms with E-state index >= 15 is 0 Å². The molecule has 4 unspecified atom stereocenters. The number of hydrogen-bond acceptors (Lipinski definition) is 11. The van der Waals surface area contributed by atoms with Crippen molar-refractivity contribution < 1.29 is 54.7 Å². The maximum atomic E-state index is 11.5. The smallest absolute Gasteiger partial charge is 0.187 e. The van der Waals surface area contributed by atoms with Crippen LogP contribution >= 0.6 is 0 Å². The molecule has 7 N–H and O–H groups in total. The highest BCUT2D eigenvalue weighted by atomic mass is 16.8. The fourth-order valence-electron chi connectivity index (χ4n) is 12.6. The molecule has 2 aliphatic heterocycles. The third-order valence-corrected chi connectivity index (χ3v) is 16.2. The first kappa shape index (κ1) is 42.6. The van der Waals surface area contributed by atoms with Gasteiger partial charge in [-0.25, -0.2) is 0 Å². The predicted octanol–water partition coefficient (Wildman–Crippen LogP) is 4.37. The van der Waals surface area contributed by atoms with Crippen LogP contribution < -0.4 is 0 Å². The average Bonchev–Trinajstić information content (AvgIpc) is 3.39. The minimum Gasteiger partial charge on any atom is -0.394 e. The number of aliphatic hydroxyl groups is 7. The molecule has 2 saturated heterocycles. The molecule has 54 heavy (non-hydrogen) atoms. The van der Waals surface area contributed by atoms with Gasteiger partial charge < -0.3 is 54.7 Å². The Bertz CT molecular complexity index is 1350. The first-order valence-corrected chi connectivity index (χ1v) is 20.9. The van der Waals surface area contributed by atoms with Gasteiger partial charge in [-0.05, 0) is 112 Å². The summed E-state index contributed by atoms with van der Waals surface area (Å²) in [6, 6.07) is 0. The topological polar surface area (TPSA) is 179 Å². The van der Waals surface area contributed by atoms with E-state index in [0.717, 1.165) is 44.9 Å². The molecule has 11 heteroatoms. The summed E-state index contributed by atoms with van der Waals surface area (Å²) in [7, 11) is 0. The Balaban J connectivity index is 1.18. The SMILES string of the molecule is C=C[C@H](CC[C@@H](O[C@@H]1O[C@H](CO)C[C@H](O)C1O[C@@H]1O[C@H](CO)C[C@H](O)[C@H]1O)C(C)(C)O)C1CC[C@@]2(C)C3CC=C4C(CC[C@H](O)C4(C)C)[C@]3(C)CC[C@]12C. The van der Waals surface area contributed by atoms with Crippen molar-refractivity contribution in [2.75, 3.05) is 13.2 Å². The van der Waals surface area contributed by atoms with E-state index in [2.05, 4.69) is 53.3 Å². The highest BCUT2D eigenvalue weighted by molar-refractivity contribution is 5.30. The van der Waals surface area contributed by atoms with E-state index in [4.69, 9.17) is 18.9 Å². The van der Waals surface area contributed by atoms with Crippen LogP contribution in [0.25, 0.3) is 0 Å². The summed E-state index contributed by atoms with van der Waals surface area (Å²) >= 11 is 0. The van der Waals surface area contributed by atoms with Gasteiger partial charge in [-0.2, -0.15) is 0 Å². The van der Waals surface area contributed by atoms with Gasteiger partial charge in [-0.1, -0.05) is 52.3 Å². The number of allylic oxidation sites excluding steroid dienone is 2. The fourth-order valence-corrected chi connectivity index (χ4v) is 12.6. The van der Waals surface area contributed by atoms with Crippen LogP contribution in [0.2, 0.25) is 0 Å². The van der Waals surface area contributed by atoms with Gasteiger partial charge in [0.2, 0.25) is 0 Å². The molecule has 2 heterocycles. The van der Waals surface area contributed by atoms with E-state index in [0.29, 0.717) is 30.6 Å². The van der Waals surface area contributed by atoms with Crippen molar-refractivity contribution in [1.82, 2.24) is 0 Å². The van der Waals surface area contributed by atoms with Crippen molar-refractivity contribution in [3.63, 3.8) is 0 Å². The lowest BCUT2D eigenvalue weighted by Gasteiger charge is -2.66. The summed E-state index contributed by atoms with van der Waals surface area (Å²) < 4.78 is 24.4. The van der Waals surface area contributed by atoms with Gasteiger partial charge in [0.1, 0.15) is 12.2 Å². The molecule has 0 aromatic heterocycles. The number of hydrogen-bond donors (Lipinski definition) is 7. The zero-order valence-corrected chi connectivity index (χ0v) is 33.9. The quantitative estimate of drug-likeness (QED) is 0.140. The lowest BCUT2D eigenvalue weighted by molar-refractivity contribution is -0.355. The van der Waals surface area contributed by atoms with Crippen LogP contribution in [0.15, 0.2) is 24.3 Å². The van der Waals surface area contributed by atoms with Crippen LogP contribution in [-0.2, 0) is 18.9 Å². The molecule has 0 aromatic rings. The summed E-state index contributed by atoms with van der Waals surface area (Å²) in [6.07, 6.45) is 3.26. The van der Waals surface area contributed by atoms with Crippen molar-refractivity contribution in [3.05, 3.63) is 24.3 Å². The molecule has 310 valence electrons. The third kappa shape index (κ3) is 7.33. The van der Waals surface area contributed by atoms with E-state index in [9.17, 15) is 35.7 Å². The molecule has 3 saturated carbocycles. The zero-order valence-electron chi connectivity index (χ0n) is 33.9. The Kier molecular flexibility index (Phi) is 12.4. The van der Waals surface area contributed by atoms with Crippen molar-refractivity contribution >= 4 is 0 Å². The van der Waals surface area contributed by atoms with Gasteiger partial charge in [-0.3, -0.25) is 0 Å². The molecular formula is C43H72O11. The monoisotopic (exact) mass is 765 g/mol. The van der Waals surface area contributed by atoms with Gasteiger partial charge >= 0.3 is 0 Å². The standard InChI is InChI=1S/C43H72O11/c1-9-24(27-16-17-43(8)32-13-11-28-29(12-14-33(48)39(28,2)3)41(32,6)18-19-42(27,43)7)10-15-34(40(4,5)50)53-38-36(31(47)21-26(23-45)52-38)54-37-35(49)30(46)20-25(22-44)51-37/h9,11,24-27,29-38,44-50H,1,10,12-23H2,2-8H3/t24-,25+,26+,27?,29?,30+,31+,32?,33+,34-,35-,36?,37+,38+,41+,42-,43+/m1/s1. The largest absolute Gasteiger partial charge is 0.394 e. The van der Waals surface area contributed by atoms with Crippen LogP contribution in [-0.4, -0.2) is 116 Å². The van der Waals surface area contributed by atoms with E-state index in [-0.39, 0.29) is 59.7 Å². The maximum Gasteiger partial charge on any atom is 0.187 e. The number of fused-ring (bicyclic) bond motifs is 5. The normalized spacial score (nSPS) is 47.5. The number of rotatable bonds is 12. The van der Waals surface area contributed by atoms with Crippen LogP contribution in [0.3, 0.4) is 0 Å². The van der Waals surface area contributed by atoms with Crippen molar-refractivity contribution in [2.45, 2.75) is 186 Å². The lowest BCUT2D eigenvalue weighted by Crippen LogP contribution is -2.59. The molecule has 6 rings (SSSR count).